The van der Waals surface area contributed by atoms with Crippen LogP contribution in [0.1, 0.15) is 21.9 Å². The number of carbonyl (C=O) groups excluding carboxylic acids is 1. The van der Waals surface area contributed by atoms with Gasteiger partial charge in [0, 0.05) is 44.0 Å². The lowest BCUT2D eigenvalue weighted by Crippen LogP contribution is -2.41. The quantitative estimate of drug-likeness (QED) is 0.488. The first kappa shape index (κ1) is 23.9. The molecule has 3 aromatic rings. The summed E-state index contributed by atoms with van der Waals surface area (Å²) in [5.74, 6) is 0.493. The van der Waals surface area contributed by atoms with Crippen LogP contribution in [0.4, 0.5) is 10.1 Å². The molecule has 9 heteroatoms. The van der Waals surface area contributed by atoms with Crippen molar-refractivity contribution in [2.24, 2.45) is 0 Å². The first-order valence-corrected chi connectivity index (χ1v) is 11.3. The number of anilines is 1. The molecule has 0 aliphatic carbocycles. The van der Waals surface area contributed by atoms with Crippen molar-refractivity contribution in [1.29, 1.82) is 0 Å². The number of benzene rings is 2. The fourth-order valence-electron chi connectivity index (χ4n) is 3.80. The topological polar surface area (TPSA) is 80.1 Å². The molecule has 1 aliphatic rings. The van der Waals surface area contributed by atoms with Crippen LogP contribution in [-0.4, -0.2) is 67.2 Å². The molecule has 4 rings (SSSR count). The van der Waals surface area contributed by atoms with Crippen molar-refractivity contribution < 1.29 is 23.1 Å². The van der Waals surface area contributed by atoms with E-state index in [1.165, 1.54) is 30.5 Å². The van der Waals surface area contributed by atoms with Gasteiger partial charge >= 0.3 is 0 Å². The average Bonchev–Trinajstić information content (AvgIpc) is 3.33. The van der Waals surface area contributed by atoms with Crippen LogP contribution in [0.15, 0.2) is 59.2 Å². The predicted octanol–water partition coefficient (Wildman–Crippen LogP) is 3.41. The molecule has 0 spiro atoms. The fraction of sp³-hybridized carbons (Fsp3) is 0.360. The van der Waals surface area contributed by atoms with E-state index in [-0.39, 0.29) is 11.5 Å². The van der Waals surface area contributed by atoms with Crippen molar-refractivity contribution in [1.82, 2.24) is 14.8 Å². The number of hydrogen-bond acceptors (Lipinski definition) is 7. The Kier molecular flexibility index (Phi) is 8.24. The van der Waals surface area contributed by atoms with Crippen LogP contribution < -0.4 is 10.1 Å². The van der Waals surface area contributed by atoms with E-state index in [1.54, 1.807) is 7.11 Å². The number of para-hydroxylation sites is 1. The third-order valence-corrected chi connectivity index (χ3v) is 5.67. The molecule has 2 heterocycles. The highest BCUT2D eigenvalue weighted by atomic mass is 19.1. The number of amides is 1. The maximum Gasteiger partial charge on any atom is 0.277 e. The van der Waals surface area contributed by atoms with Crippen molar-refractivity contribution >= 4 is 11.6 Å². The van der Waals surface area contributed by atoms with E-state index in [0.29, 0.717) is 24.7 Å². The van der Waals surface area contributed by atoms with E-state index in [4.69, 9.17) is 13.9 Å². The van der Waals surface area contributed by atoms with Crippen LogP contribution in [0.5, 0.6) is 5.75 Å². The van der Waals surface area contributed by atoms with Crippen molar-refractivity contribution in [2.45, 2.75) is 13.1 Å². The van der Waals surface area contributed by atoms with Gasteiger partial charge in [0.15, 0.2) is 5.69 Å². The fourth-order valence-corrected chi connectivity index (χ4v) is 3.80. The molecule has 0 saturated carbocycles. The molecule has 1 saturated heterocycles. The molecular weight excluding hydrogens is 439 g/mol. The Bertz CT molecular complexity index is 1070. The number of rotatable bonds is 10. The summed E-state index contributed by atoms with van der Waals surface area (Å²) < 4.78 is 29.7. The minimum atomic E-state index is -0.411. The van der Waals surface area contributed by atoms with Gasteiger partial charge < -0.3 is 19.2 Å². The molecule has 2 aromatic carbocycles. The SMILES string of the molecule is COc1ccccc1CN(CCN1CCOCC1)Cc1nc(C(=O)Nc2ccc(F)cc2)co1. The van der Waals surface area contributed by atoms with Crippen molar-refractivity contribution in [3.05, 3.63) is 77.8 Å². The van der Waals surface area contributed by atoms with Gasteiger partial charge in [0.05, 0.1) is 26.9 Å². The van der Waals surface area contributed by atoms with E-state index < -0.39 is 5.91 Å². The average molecular weight is 469 g/mol. The zero-order chi connectivity index (χ0) is 23.8. The summed E-state index contributed by atoms with van der Waals surface area (Å²) in [5.41, 5.74) is 1.72. The summed E-state index contributed by atoms with van der Waals surface area (Å²) in [7, 11) is 1.66. The van der Waals surface area contributed by atoms with Crippen LogP contribution in [0.3, 0.4) is 0 Å². The van der Waals surface area contributed by atoms with Gasteiger partial charge in [-0.3, -0.25) is 14.6 Å². The van der Waals surface area contributed by atoms with Crippen LogP contribution in [-0.2, 0) is 17.8 Å². The Balaban J connectivity index is 1.42. The van der Waals surface area contributed by atoms with Crippen LogP contribution in [0, 0.1) is 5.82 Å². The molecule has 1 aromatic heterocycles. The number of halogens is 1. The minimum Gasteiger partial charge on any atom is -0.496 e. The molecule has 0 unspecified atom stereocenters. The third kappa shape index (κ3) is 6.63. The largest absolute Gasteiger partial charge is 0.496 e. The van der Waals surface area contributed by atoms with Gasteiger partial charge in [0.2, 0.25) is 5.89 Å². The predicted molar refractivity (Wildman–Crippen MR) is 125 cm³/mol. The summed E-state index contributed by atoms with van der Waals surface area (Å²) >= 11 is 0. The molecule has 34 heavy (non-hydrogen) atoms. The molecule has 0 radical (unpaired) electrons. The second-order valence-corrected chi connectivity index (χ2v) is 8.06. The Morgan fingerprint density at radius 1 is 1.15 bits per heavy atom. The second-order valence-electron chi connectivity index (χ2n) is 8.06. The lowest BCUT2D eigenvalue weighted by molar-refractivity contribution is 0.0320. The van der Waals surface area contributed by atoms with Crippen molar-refractivity contribution in [3.63, 3.8) is 0 Å². The first-order valence-electron chi connectivity index (χ1n) is 11.3. The van der Waals surface area contributed by atoms with Crippen molar-refractivity contribution in [2.75, 3.05) is 51.8 Å². The van der Waals surface area contributed by atoms with Crippen LogP contribution in [0.25, 0.3) is 0 Å². The number of morpholine rings is 1. The monoisotopic (exact) mass is 468 g/mol. The Hall–Kier alpha value is -3.27. The van der Waals surface area contributed by atoms with Crippen LogP contribution >= 0.6 is 0 Å². The lowest BCUT2D eigenvalue weighted by Gasteiger charge is -2.29. The van der Waals surface area contributed by atoms with Gasteiger partial charge in [0.1, 0.15) is 17.8 Å². The maximum absolute atomic E-state index is 13.1. The molecule has 0 bridgehead atoms. The number of methoxy groups -OCH3 is 1. The lowest BCUT2D eigenvalue weighted by atomic mass is 10.2. The van der Waals surface area contributed by atoms with E-state index in [0.717, 1.165) is 50.7 Å². The number of hydrogen-bond donors (Lipinski definition) is 1. The van der Waals surface area contributed by atoms with E-state index >= 15 is 0 Å². The number of ether oxygens (including phenoxy) is 2. The van der Waals surface area contributed by atoms with Gasteiger partial charge in [-0.25, -0.2) is 9.37 Å². The van der Waals surface area contributed by atoms with Crippen molar-refractivity contribution in [3.8, 4) is 5.75 Å². The van der Waals surface area contributed by atoms with E-state index in [1.807, 2.05) is 24.3 Å². The maximum atomic E-state index is 13.1. The van der Waals surface area contributed by atoms with E-state index in [9.17, 15) is 9.18 Å². The molecule has 1 amide bonds. The van der Waals surface area contributed by atoms with E-state index in [2.05, 4.69) is 20.1 Å². The third-order valence-electron chi connectivity index (χ3n) is 5.67. The molecule has 8 nitrogen and oxygen atoms in total. The molecule has 1 fully saturated rings. The highest BCUT2D eigenvalue weighted by Gasteiger charge is 2.18. The summed E-state index contributed by atoms with van der Waals surface area (Å²) in [6.45, 7) is 6.08. The minimum absolute atomic E-state index is 0.171. The Labute approximate surface area is 198 Å². The standard InChI is InChI=1S/C25H29FN4O4/c1-32-23-5-3-2-4-19(23)16-30(11-10-29-12-14-33-15-13-29)17-24-28-22(18-34-24)25(31)27-21-8-6-20(26)7-9-21/h2-9,18H,10-17H2,1H3,(H,27,31). The number of nitrogens with one attached hydrogen (secondary N) is 1. The highest BCUT2D eigenvalue weighted by molar-refractivity contribution is 6.02. The second kappa shape index (κ2) is 11.7. The summed E-state index contributed by atoms with van der Waals surface area (Å²) in [6, 6.07) is 13.5. The van der Waals surface area contributed by atoms with Gasteiger partial charge in [0.25, 0.3) is 5.91 Å². The Morgan fingerprint density at radius 3 is 2.68 bits per heavy atom. The molecule has 1 aliphatic heterocycles. The zero-order valence-electron chi connectivity index (χ0n) is 19.2. The zero-order valence-corrected chi connectivity index (χ0v) is 19.2. The van der Waals surface area contributed by atoms with Crippen LogP contribution in [0.2, 0.25) is 0 Å². The normalized spacial score (nSPS) is 14.3. The number of aromatic nitrogens is 1. The highest BCUT2D eigenvalue weighted by Crippen LogP contribution is 2.20. The first-order chi connectivity index (χ1) is 16.6. The summed E-state index contributed by atoms with van der Waals surface area (Å²) in [6.07, 6.45) is 1.34. The smallest absolute Gasteiger partial charge is 0.277 e. The Morgan fingerprint density at radius 2 is 1.91 bits per heavy atom. The summed E-state index contributed by atoms with van der Waals surface area (Å²) in [4.78, 5) is 21.5. The van der Waals surface area contributed by atoms with Gasteiger partial charge in [-0.2, -0.15) is 0 Å². The number of nitrogens with zero attached hydrogens (tertiary/aromatic N) is 3. The molecule has 0 atom stereocenters. The summed E-state index contributed by atoms with van der Waals surface area (Å²) in [5, 5.41) is 2.70. The molecular formula is C25H29FN4O4. The van der Waals surface area contributed by atoms with Gasteiger partial charge in [-0.1, -0.05) is 18.2 Å². The number of oxazole rings is 1. The van der Waals surface area contributed by atoms with Gasteiger partial charge in [-0.15, -0.1) is 0 Å². The number of carbonyl (C=O) groups is 1. The molecule has 1 N–H and O–H groups in total. The van der Waals surface area contributed by atoms with Gasteiger partial charge in [-0.05, 0) is 30.3 Å². The molecule has 180 valence electrons.